The highest BCUT2D eigenvalue weighted by Crippen LogP contribution is 2.14. The first-order valence-corrected chi connectivity index (χ1v) is 6.58. The molecule has 1 aliphatic heterocycles. The molecule has 1 aromatic heterocycles. The smallest absolute Gasteiger partial charge is 0.157 e. The van der Waals surface area contributed by atoms with Crippen molar-refractivity contribution < 1.29 is 0 Å². The second kappa shape index (κ2) is 5.34. The Morgan fingerprint density at radius 3 is 3.12 bits per heavy atom. The molecule has 1 fully saturated rings. The lowest BCUT2D eigenvalue weighted by molar-refractivity contribution is 0.642. The molecule has 0 amide bonds. The minimum Gasteiger partial charge on any atom is -0.362 e. The standard InChI is InChI=1S/C12H17N3S/c1-9-3-4-11(7-13-9)8-14-12-15-10(2)5-6-16-12/h3-4,7,10H,5-6,8H2,1-2H3,(H,14,15). The van der Waals surface area contributed by atoms with Crippen LogP contribution in [0.4, 0.5) is 0 Å². The zero-order chi connectivity index (χ0) is 11.4. The molecule has 1 saturated heterocycles. The van der Waals surface area contributed by atoms with Crippen LogP contribution in [0.2, 0.25) is 0 Å². The second-order valence-electron chi connectivity index (χ2n) is 4.11. The van der Waals surface area contributed by atoms with Gasteiger partial charge in [0.15, 0.2) is 5.17 Å². The third-order valence-electron chi connectivity index (χ3n) is 2.54. The highest BCUT2D eigenvalue weighted by molar-refractivity contribution is 8.13. The number of pyridine rings is 1. The molecule has 0 bridgehead atoms. The Kier molecular flexibility index (Phi) is 3.83. The molecular weight excluding hydrogens is 218 g/mol. The van der Waals surface area contributed by atoms with Gasteiger partial charge in [-0.1, -0.05) is 17.8 Å². The lowest BCUT2D eigenvalue weighted by Crippen LogP contribution is -2.35. The molecule has 1 aliphatic rings. The Labute approximate surface area is 101 Å². The van der Waals surface area contributed by atoms with E-state index in [4.69, 9.17) is 0 Å². The fraction of sp³-hybridized carbons (Fsp3) is 0.500. The van der Waals surface area contributed by atoms with E-state index < -0.39 is 0 Å². The molecular formula is C12H17N3S. The Morgan fingerprint density at radius 1 is 1.56 bits per heavy atom. The summed E-state index contributed by atoms with van der Waals surface area (Å²) in [6.45, 7) is 4.91. The van der Waals surface area contributed by atoms with Crippen LogP contribution in [0.15, 0.2) is 23.3 Å². The molecule has 16 heavy (non-hydrogen) atoms. The molecule has 0 radical (unpaired) electrons. The predicted molar refractivity (Wildman–Crippen MR) is 69.8 cm³/mol. The number of amidine groups is 1. The second-order valence-corrected chi connectivity index (χ2v) is 5.20. The van der Waals surface area contributed by atoms with Crippen LogP contribution in [-0.2, 0) is 6.54 Å². The van der Waals surface area contributed by atoms with Crippen LogP contribution < -0.4 is 5.32 Å². The van der Waals surface area contributed by atoms with E-state index in [0.717, 1.165) is 17.4 Å². The molecule has 3 nitrogen and oxygen atoms in total. The molecule has 1 N–H and O–H groups in total. The van der Waals surface area contributed by atoms with E-state index in [0.29, 0.717) is 6.04 Å². The third-order valence-corrected chi connectivity index (χ3v) is 3.50. The van der Waals surface area contributed by atoms with Crippen molar-refractivity contribution in [3.63, 3.8) is 0 Å². The van der Waals surface area contributed by atoms with Gasteiger partial charge in [-0.2, -0.15) is 0 Å². The minimum atomic E-state index is 0.552. The van der Waals surface area contributed by atoms with Gasteiger partial charge in [0.05, 0.1) is 6.54 Å². The Hall–Kier alpha value is -1.03. The molecule has 1 unspecified atom stereocenters. The van der Waals surface area contributed by atoms with Crippen LogP contribution in [0.25, 0.3) is 0 Å². The Bertz CT molecular complexity index is 372. The topological polar surface area (TPSA) is 37.3 Å². The SMILES string of the molecule is Cc1ccc(CN=C2NC(C)CCS2)cn1. The predicted octanol–water partition coefficient (Wildman–Crippen LogP) is 2.36. The summed E-state index contributed by atoms with van der Waals surface area (Å²) in [7, 11) is 0. The summed E-state index contributed by atoms with van der Waals surface area (Å²) in [6, 6.07) is 4.67. The van der Waals surface area contributed by atoms with E-state index in [-0.39, 0.29) is 0 Å². The van der Waals surface area contributed by atoms with E-state index in [1.165, 1.54) is 17.7 Å². The van der Waals surface area contributed by atoms with Crippen molar-refractivity contribution in [1.82, 2.24) is 10.3 Å². The highest BCUT2D eigenvalue weighted by Gasteiger charge is 2.12. The van der Waals surface area contributed by atoms with Gasteiger partial charge in [-0.25, -0.2) is 0 Å². The van der Waals surface area contributed by atoms with E-state index >= 15 is 0 Å². The van der Waals surface area contributed by atoms with Crippen LogP contribution in [0.3, 0.4) is 0 Å². The number of rotatable bonds is 2. The Morgan fingerprint density at radius 2 is 2.44 bits per heavy atom. The van der Waals surface area contributed by atoms with Crippen molar-refractivity contribution in [2.75, 3.05) is 5.75 Å². The van der Waals surface area contributed by atoms with Crippen molar-refractivity contribution in [3.8, 4) is 0 Å². The fourth-order valence-corrected chi connectivity index (χ4v) is 2.61. The molecule has 1 aromatic rings. The molecule has 2 rings (SSSR count). The summed E-state index contributed by atoms with van der Waals surface area (Å²) in [4.78, 5) is 8.82. The summed E-state index contributed by atoms with van der Waals surface area (Å²) in [6.07, 6.45) is 3.12. The molecule has 0 saturated carbocycles. The number of thioether (sulfide) groups is 1. The van der Waals surface area contributed by atoms with Gasteiger partial charge < -0.3 is 5.32 Å². The molecule has 0 spiro atoms. The number of aromatic nitrogens is 1. The van der Waals surface area contributed by atoms with Gasteiger partial charge in [0.1, 0.15) is 0 Å². The first-order chi connectivity index (χ1) is 7.74. The zero-order valence-electron chi connectivity index (χ0n) is 9.73. The third kappa shape index (κ3) is 3.23. The van der Waals surface area contributed by atoms with Crippen LogP contribution >= 0.6 is 11.8 Å². The summed E-state index contributed by atoms with van der Waals surface area (Å²) in [5.74, 6) is 1.17. The molecule has 0 aromatic carbocycles. The van der Waals surface area contributed by atoms with Gasteiger partial charge in [-0.05, 0) is 31.9 Å². The van der Waals surface area contributed by atoms with Gasteiger partial charge in [0, 0.05) is 23.7 Å². The minimum absolute atomic E-state index is 0.552. The number of nitrogens with one attached hydrogen (secondary N) is 1. The van der Waals surface area contributed by atoms with Crippen molar-refractivity contribution in [2.24, 2.45) is 4.99 Å². The fourth-order valence-electron chi connectivity index (χ4n) is 1.50. The molecule has 4 heteroatoms. The van der Waals surface area contributed by atoms with Gasteiger partial charge in [-0.3, -0.25) is 9.98 Å². The normalized spacial score (nSPS) is 23.1. The number of aliphatic imine (C=N–C) groups is 1. The van der Waals surface area contributed by atoms with Crippen molar-refractivity contribution in [3.05, 3.63) is 29.6 Å². The zero-order valence-corrected chi connectivity index (χ0v) is 10.5. The number of aryl methyl sites for hydroxylation is 1. The summed E-state index contributed by atoms with van der Waals surface area (Å²) >= 11 is 1.81. The summed E-state index contributed by atoms with van der Waals surface area (Å²) < 4.78 is 0. The average Bonchev–Trinajstić information content (AvgIpc) is 2.28. The largest absolute Gasteiger partial charge is 0.362 e. The summed E-state index contributed by atoms with van der Waals surface area (Å²) in [5, 5.41) is 4.46. The summed E-state index contributed by atoms with van der Waals surface area (Å²) in [5.41, 5.74) is 2.22. The molecule has 1 atom stereocenters. The maximum Gasteiger partial charge on any atom is 0.157 e. The van der Waals surface area contributed by atoms with Gasteiger partial charge in [0.2, 0.25) is 0 Å². The number of hydrogen-bond donors (Lipinski definition) is 1. The van der Waals surface area contributed by atoms with Crippen LogP contribution in [-0.4, -0.2) is 21.9 Å². The monoisotopic (exact) mass is 235 g/mol. The molecule has 86 valence electrons. The first-order valence-electron chi connectivity index (χ1n) is 5.59. The van der Waals surface area contributed by atoms with Crippen LogP contribution in [0, 0.1) is 6.92 Å². The van der Waals surface area contributed by atoms with Crippen molar-refractivity contribution in [2.45, 2.75) is 32.9 Å². The van der Waals surface area contributed by atoms with Crippen molar-refractivity contribution >= 4 is 16.9 Å². The lowest BCUT2D eigenvalue weighted by Gasteiger charge is -2.21. The van der Waals surface area contributed by atoms with E-state index in [9.17, 15) is 0 Å². The van der Waals surface area contributed by atoms with Crippen LogP contribution in [0.1, 0.15) is 24.6 Å². The van der Waals surface area contributed by atoms with Crippen molar-refractivity contribution in [1.29, 1.82) is 0 Å². The van der Waals surface area contributed by atoms with E-state index in [1.807, 2.05) is 30.9 Å². The Balaban J connectivity index is 1.95. The first kappa shape index (κ1) is 11.5. The number of nitrogens with zero attached hydrogens (tertiary/aromatic N) is 2. The highest BCUT2D eigenvalue weighted by atomic mass is 32.2. The maximum absolute atomic E-state index is 4.56. The molecule has 2 heterocycles. The van der Waals surface area contributed by atoms with Gasteiger partial charge >= 0.3 is 0 Å². The van der Waals surface area contributed by atoms with E-state index in [2.05, 4.69) is 28.3 Å². The van der Waals surface area contributed by atoms with Gasteiger partial charge in [0.25, 0.3) is 0 Å². The maximum atomic E-state index is 4.56. The quantitative estimate of drug-likeness (QED) is 0.855. The van der Waals surface area contributed by atoms with Gasteiger partial charge in [-0.15, -0.1) is 0 Å². The van der Waals surface area contributed by atoms with Crippen LogP contribution in [0.5, 0.6) is 0 Å². The number of hydrogen-bond acceptors (Lipinski definition) is 3. The average molecular weight is 235 g/mol. The molecule has 0 aliphatic carbocycles. The lowest BCUT2D eigenvalue weighted by atomic mass is 10.2. The van der Waals surface area contributed by atoms with E-state index in [1.54, 1.807) is 0 Å².